The van der Waals surface area contributed by atoms with E-state index in [4.69, 9.17) is 5.73 Å². The fourth-order valence-electron chi connectivity index (χ4n) is 3.77. The van der Waals surface area contributed by atoms with Crippen molar-refractivity contribution in [1.82, 2.24) is 4.90 Å². The maximum absolute atomic E-state index is 5.99. The van der Waals surface area contributed by atoms with Crippen molar-refractivity contribution in [2.75, 3.05) is 19.6 Å². The van der Waals surface area contributed by atoms with E-state index in [1.807, 2.05) is 0 Å². The molecule has 80 valence electrons. The molecule has 2 heteroatoms. The molecule has 3 rings (SSSR count). The summed E-state index contributed by atoms with van der Waals surface area (Å²) in [4.78, 5) is 2.71. The lowest BCUT2D eigenvalue weighted by atomic mass is 9.62. The van der Waals surface area contributed by atoms with Gasteiger partial charge in [0.25, 0.3) is 0 Å². The van der Waals surface area contributed by atoms with Crippen molar-refractivity contribution in [1.29, 1.82) is 0 Å². The number of hydrogen-bond acceptors (Lipinski definition) is 2. The summed E-state index contributed by atoms with van der Waals surface area (Å²) >= 11 is 0. The van der Waals surface area contributed by atoms with Gasteiger partial charge < -0.3 is 5.73 Å². The first-order valence-corrected chi connectivity index (χ1v) is 6.24. The highest BCUT2D eigenvalue weighted by Gasteiger charge is 2.53. The molecule has 2 saturated carbocycles. The number of hydrogen-bond donors (Lipinski definition) is 1. The summed E-state index contributed by atoms with van der Waals surface area (Å²) < 4.78 is 0. The van der Waals surface area contributed by atoms with E-state index in [0.717, 1.165) is 12.0 Å². The maximum atomic E-state index is 5.99. The highest BCUT2D eigenvalue weighted by Crippen LogP contribution is 2.52. The minimum Gasteiger partial charge on any atom is -0.329 e. The second-order valence-corrected chi connectivity index (χ2v) is 5.85. The molecule has 0 unspecified atom stereocenters. The van der Waals surface area contributed by atoms with Gasteiger partial charge in [-0.25, -0.2) is 0 Å². The Labute approximate surface area is 86.8 Å². The molecule has 0 radical (unpaired) electrons. The lowest BCUT2D eigenvalue weighted by Crippen LogP contribution is -2.68. The van der Waals surface area contributed by atoms with Crippen LogP contribution in [0.2, 0.25) is 0 Å². The predicted octanol–water partition coefficient (Wildman–Crippen LogP) is 1.74. The second kappa shape index (κ2) is 2.96. The van der Waals surface area contributed by atoms with Gasteiger partial charge in [0, 0.05) is 25.2 Å². The van der Waals surface area contributed by atoms with Crippen LogP contribution in [0.25, 0.3) is 0 Å². The molecule has 0 atom stereocenters. The van der Waals surface area contributed by atoms with Gasteiger partial charge >= 0.3 is 0 Å². The van der Waals surface area contributed by atoms with Crippen molar-refractivity contribution < 1.29 is 0 Å². The third-order valence-corrected chi connectivity index (χ3v) is 5.05. The molecule has 2 aliphatic carbocycles. The average Bonchev–Trinajstić information content (AvgIpc) is 2.49. The Bertz CT molecular complexity index is 218. The second-order valence-electron chi connectivity index (χ2n) is 5.85. The molecule has 2 nitrogen and oxygen atoms in total. The van der Waals surface area contributed by atoms with Crippen LogP contribution in [0, 0.1) is 5.41 Å². The van der Waals surface area contributed by atoms with Gasteiger partial charge in [-0.05, 0) is 31.1 Å². The summed E-state index contributed by atoms with van der Waals surface area (Å²) in [6.07, 6.45) is 9.98. The Morgan fingerprint density at radius 3 is 2.00 bits per heavy atom. The van der Waals surface area contributed by atoms with Gasteiger partial charge in [-0.3, -0.25) is 4.90 Å². The maximum Gasteiger partial charge on any atom is 0.0332 e. The van der Waals surface area contributed by atoms with Crippen LogP contribution in [-0.2, 0) is 0 Å². The van der Waals surface area contributed by atoms with Crippen LogP contribution in [0.5, 0.6) is 0 Å². The van der Waals surface area contributed by atoms with Crippen LogP contribution in [0.3, 0.4) is 0 Å². The highest BCUT2D eigenvalue weighted by molar-refractivity contribution is 5.08. The van der Waals surface area contributed by atoms with Gasteiger partial charge in [-0.2, -0.15) is 0 Å². The van der Waals surface area contributed by atoms with Gasteiger partial charge in [-0.1, -0.05) is 19.3 Å². The van der Waals surface area contributed by atoms with Crippen molar-refractivity contribution in [3.63, 3.8) is 0 Å². The van der Waals surface area contributed by atoms with E-state index in [9.17, 15) is 0 Å². The molecule has 0 aromatic rings. The fourth-order valence-corrected chi connectivity index (χ4v) is 3.77. The summed E-state index contributed by atoms with van der Waals surface area (Å²) in [6, 6.07) is 0. The van der Waals surface area contributed by atoms with Gasteiger partial charge in [0.05, 0.1) is 0 Å². The van der Waals surface area contributed by atoms with Crippen molar-refractivity contribution in [3.8, 4) is 0 Å². The van der Waals surface area contributed by atoms with E-state index in [2.05, 4.69) is 4.90 Å². The number of nitrogens with zero attached hydrogens (tertiary/aromatic N) is 1. The molecule has 1 saturated heterocycles. The van der Waals surface area contributed by atoms with E-state index in [1.165, 1.54) is 58.0 Å². The Balaban J connectivity index is 1.65. The Kier molecular flexibility index (Phi) is 1.94. The van der Waals surface area contributed by atoms with E-state index >= 15 is 0 Å². The largest absolute Gasteiger partial charge is 0.329 e. The van der Waals surface area contributed by atoms with Gasteiger partial charge in [0.15, 0.2) is 0 Å². The first-order valence-electron chi connectivity index (χ1n) is 6.24. The smallest absolute Gasteiger partial charge is 0.0332 e. The molecule has 3 fully saturated rings. The molecule has 2 N–H and O–H groups in total. The first kappa shape index (κ1) is 9.17. The van der Waals surface area contributed by atoms with Crippen molar-refractivity contribution in [2.24, 2.45) is 11.1 Å². The summed E-state index contributed by atoms with van der Waals surface area (Å²) in [6.45, 7) is 3.62. The lowest BCUT2D eigenvalue weighted by molar-refractivity contribution is -0.115. The Morgan fingerprint density at radius 1 is 0.929 bits per heavy atom. The molecule has 14 heavy (non-hydrogen) atoms. The van der Waals surface area contributed by atoms with Crippen LogP contribution in [0.1, 0.15) is 44.9 Å². The minimum atomic E-state index is 0.431. The molecule has 0 amide bonds. The standard InChI is InChI=1S/C12H22N2/c13-8-12(6-1-2-7-12)14-9-11(10-14)4-3-5-11/h1-10,13H2. The third kappa shape index (κ3) is 1.10. The first-order chi connectivity index (χ1) is 6.79. The fraction of sp³-hybridized carbons (Fsp3) is 1.00. The van der Waals surface area contributed by atoms with Gasteiger partial charge in [0.1, 0.15) is 0 Å². The zero-order valence-corrected chi connectivity index (χ0v) is 9.10. The molecular weight excluding hydrogens is 172 g/mol. The Morgan fingerprint density at radius 2 is 1.57 bits per heavy atom. The molecule has 1 heterocycles. The summed E-state index contributed by atoms with van der Waals surface area (Å²) in [5.74, 6) is 0. The SMILES string of the molecule is NCC1(N2CC3(CCC3)C2)CCCC1. The number of rotatable bonds is 2. The average molecular weight is 194 g/mol. The summed E-state index contributed by atoms with van der Waals surface area (Å²) in [7, 11) is 0. The summed E-state index contributed by atoms with van der Waals surface area (Å²) in [5, 5.41) is 0. The lowest BCUT2D eigenvalue weighted by Gasteiger charge is -2.61. The normalized spacial score (nSPS) is 34.1. The van der Waals surface area contributed by atoms with Gasteiger partial charge in [0.2, 0.25) is 0 Å². The van der Waals surface area contributed by atoms with Crippen LogP contribution in [-0.4, -0.2) is 30.1 Å². The van der Waals surface area contributed by atoms with E-state index in [-0.39, 0.29) is 0 Å². The number of likely N-dealkylation sites (tertiary alicyclic amines) is 1. The topological polar surface area (TPSA) is 29.3 Å². The molecule has 1 aliphatic heterocycles. The molecule has 3 aliphatic rings. The van der Waals surface area contributed by atoms with Crippen LogP contribution >= 0.6 is 0 Å². The Hall–Kier alpha value is -0.0800. The van der Waals surface area contributed by atoms with Gasteiger partial charge in [-0.15, -0.1) is 0 Å². The van der Waals surface area contributed by atoms with E-state index in [1.54, 1.807) is 0 Å². The monoisotopic (exact) mass is 194 g/mol. The van der Waals surface area contributed by atoms with E-state index in [0.29, 0.717) is 5.54 Å². The van der Waals surface area contributed by atoms with Crippen molar-refractivity contribution >= 4 is 0 Å². The van der Waals surface area contributed by atoms with E-state index < -0.39 is 0 Å². The molecule has 0 bridgehead atoms. The predicted molar refractivity (Wildman–Crippen MR) is 58.1 cm³/mol. The third-order valence-electron chi connectivity index (χ3n) is 5.05. The zero-order chi connectivity index (χ0) is 9.65. The molecular formula is C12H22N2. The molecule has 0 aromatic heterocycles. The van der Waals surface area contributed by atoms with Crippen LogP contribution < -0.4 is 5.73 Å². The molecule has 0 aromatic carbocycles. The van der Waals surface area contributed by atoms with Crippen molar-refractivity contribution in [3.05, 3.63) is 0 Å². The van der Waals surface area contributed by atoms with Crippen molar-refractivity contribution in [2.45, 2.75) is 50.5 Å². The summed E-state index contributed by atoms with van der Waals surface area (Å²) in [5.41, 5.74) is 7.19. The quantitative estimate of drug-likeness (QED) is 0.725. The van der Waals surface area contributed by atoms with Crippen LogP contribution in [0.15, 0.2) is 0 Å². The highest BCUT2D eigenvalue weighted by atomic mass is 15.3. The number of nitrogens with two attached hydrogens (primary N) is 1. The zero-order valence-electron chi connectivity index (χ0n) is 9.10. The minimum absolute atomic E-state index is 0.431. The molecule has 1 spiro atoms. The van der Waals surface area contributed by atoms with Crippen LogP contribution in [0.4, 0.5) is 0 Å².